The number of carbonyl (C=O) groups is 2. The Morgan fingerprint density at radius 1 is 1.14 bits per heavy atom. The molecule has 1 saturated heterocycles. The summed E-state index contributed by atoms with van der Waals surface area (Å²) in [5.74, 6) is 0.292. The smallest absolute Gasteiger partial charge is 0.271 e. The van der Waals surface area contributed by atoms with Gasteiger partial charge in [0.25, 0.3) is 5.91 Å². The van der Waals surface area contributed by atoms with E-state index in [4.69, 9.17) is 4.74 Å². The van der Waals surface area contributed by atoms with Crippen LogP contribution in [0.4, 0.5) is 5.69 Å². The molecule has 7 nitrogen and oxygen atoms in total. The Labute approximate surface area is 165 Å². The minimum atomic E-state index is 0.0108. The molecule has 1 N–H and O–H groups in total. The molecule has 2 aromatic heterocycles. The van der Waals surface area contributed by atoms with Crippen LogP contribution in [0.1, 0.15) is 23.3 Å². The lowest BCUT2D eigenvalue weighted by Gasteiger charge is -2.26. The maximum Gasteiger partial charge on any atom is 0.271 e. The lowest BCUT2D eigenvalue weighted by molar-refractivity contribution is -0.117. The van der Waals surface area contributed by atoms with Crippen molar-refractivity contribution in [2.24, 2.45) is 5.92 Å². The largest absolute Gasteiger partial charge is 0.378 e. The van der Waals surface area contributed by atoms with Crippen molar-refractivity contribution in [3.8, 4) is 11.3 Å². The minimum absolute atomic E-state index is 0.0108. The summed E-state index contributed by atoms with van der Waals surface area (Å²) in [5.41, 5.74) is 3.19. The average Bonchev–Trinajstić information content (AvgIpc) is 3.39. The molecule has 0 bridgehead atoms. The number of hydrogen-bond acceptors (Lipinski definition) is 5. The van der Waals surface area contributed by atoms with Gasteiger partial charge in [-0.2, -0.15) is 0 Å². The van der Waals surface area contributed by atoms with Gasteiger partial charge in [-0.15, -0.1) is 11.3 Å². The van der Waals surface area contributed by atoms with Crippen LogP contribution >= 0.6 is 11.3 Å². The predicted octanol–water partition coefficient (Wildman–Crippen LogP) is 2.88. The van der Waals surface area contributed by atoms with Crippen molar-refractivity contribution in [3.63, 3.8) is 0 Å². The molecule has 0 spiro atoms. The fourth-order valence-electron chi connectivity index (χ4n) is 3.32. The Morgan fingerprint density at radius 3 is 2.61 bits per heavy atom. The zero-order valence-corrected chi connectivity index (χ0v) is 16.1. The number of imidazole rings is 1. The molecule has 1 aliphatic heterocycles. The van der Waals surface area contributed by atoms with Gasteiger partial charge in [-0.25, -0.2) is 4.98 Å². The first kappa shape index (κ1) is 17.4. The van der Waals surface area contributed by atoms with Gasteiger partial charge in [0.15, 0.2) is 4.96 Å². The number of nitrogens with zero attached hydrogens (tertiary/aromatic N) is 3. The van der Waals surface area contributed by atoms with Crippen LogP contribution in [0.5, 0.6) is 0 Å². The van der Waals surface area contributed by atoms with Gasteiger partial charge in [0.2, 0.25) is 5.91 Å². The number of amides is 2. The maximum atomic E-state index is 12.8. The highest BCUT2D eigenvalue weighted by Gasteiger charge is 2.29. The first-order valence-corrected chi connectivity index (χ1v) is 10.3. The Bertz CT molecular complexity index is 1030. The van der Waals surface area contributed by atoms with Crippen LogP contribution < -0.4 is 5.32 Å². The Morgan fingerprint density at radius 2 is 1.89 bits per heavy atom. The molecular formula is C20H20N4O3S. The molecule has 5 rings (SSSR count). The lowest BCUT2D eigenvalue weighted by Crippen LogP contribution is -2.41. The summed E-state index contributed by atoms with van der Waals surface area (Å²) >= 11 is 1.46. The van der Waals surface area contributed by atoms with E-state index in [-0.39, 0.29) is 17.7 Å². The van der Waals surface area contributed by atoms with Crippen LogP contribution in [-0.2, 0) is 9.53 Å². The van der Waals surface area contributed by atoms with Crippen molar-refractivity contribution in [1.29, 1.82) is 0 Å². The van der Waals surface area contributed by atoms with E-state index in [9.17, 15) is 9.59 Å². The highest BCUT2D eigenvalue weighted by Crippen LogP contribution is 2.31. The van der Waals surface area contributed by atoms with Crippen molar-refractivity contribution >= 4 is 33.8 Å². The monoisotopic (exact) mass is 396 g/mol. The number of hydrogen-bond donors (Lipinski definition) is 1. The standard InChI is InChI=1S/C20H20N4O3S/c25-18(14-1-2-14)21-15-5-3-13(4-6-15)16-11-24-17(12-28-20(24)22-16)19(26)23-7-9-27-10-8-23/h3-6,11-12,14H,1-2,7-10H2,(H,21,25). The number of thiazole rings is 1. The molecule has 0 unspecified atom stereocenters. The third-order valence-corrected chi connectivity index (χ3v) is 5.96. The number of nitrogens with one attached hydrogen (secondary N) is 1. The van der Waals surface area contributed by atoms with Gasteiger partial charge in [-0.1, -0.05) is 12.1 Å². The molecule has 8 heteroatoms. The van der Waals surface area contributed by atoms with Crippen LogP contribution in [-0.4, -0.2) is 52.4 Å². The van der Waals surface area contributed by atoms with Gasteiger partial charge in [-0.05, 0) is 25.0 Å². The third-order valence-electron chi connectivity index (χ3n) is 5.12. The molecule has 2 fully saturated rings. The van der Waals surface area contributed by atoms with E-state index in [1.54, 1.807) is 0 Å². The lowest BCUT2D eigenvalue weighted by atomic mass is 10.1. The van der Waals surface area contributed by atoms with E-state index in [1.807, 2.05) is 45.1 Å². The summed E-state index contributed by atoms with van der Waals surface area (Å²) < 4.78 is 7.19. The molecule has 1 aromatic carbocycles. The fraction of sp³-hybridized carbons (Fsp3) is 0.350. The number of benzene rings is 1. The van der Waals surface area contributed by atoms with Crippen LogP contribution in [0.25, 0.3) is 16.2 Å². The fourth-order valence-corrected chi connectivity index (χ4v) is 4.17. The number of rotatable bonds is 4. The van der Waals surface area contributed by atoms with Gasteiger partial charge >= 0.3 is 0 Å². The third kappa shape index (κ3) is 3.29. The van der Waals surface area contributed by atoms with Crippen molar-refractivity contribution in [3.05, 3.63) is 41.5 Å². The van der Waals surface area contributed by atoms with E-state index >= 15 is 0 Å². The average molecular weight is 396 g/mol. The summed E-state index contributed by atoms with van der Waals surface area (Å²) in [6.07, 6.45) is 3.87. The Kier molecular flexibility index (Phi) is 4.37. The summed E-state index contributed by atoms with van der Waals surface area (Å²) in [7, 11) is 0. The second-order valence-corrected chi connectivity index (χ2v) is 7.98. The van der Waals surface area contributed by atoms with Crippen molar-refractivity contribution in [2.45, 2.75) is 12.8 Å². The van der Waals surface area contributed by atoms with Gasteiger partial charge in [0, 0.05) is 41.8 Å². The molecule has 2 aliphatic rings. The molecule has 1 aliphatic carbocycles. The molecule has 28 heavy (non-hydrogen) atoms. The van der Waals surface area contributed by atoms with Crippen molar-refractivity contribution in [1.82, 2.24) is 14.3 Å². The first-order chi connectivity index (χ1) is 13.7. The number of morpholine rings is 1. The molecule has 2 amide bonds. The summed E-state index contributed by atoms with van der Waals surface area (Å²) in [4.78, 5) is 32.0. The molecule has 144 valence electrons. The van der Waals surface area contributed by atoms with Crippen LogP contribution in [0.15, 0.2) is 35.8 Å². The van der Waals surface area contributed by atoms with Gasteiger partial charge in [-0.3, -0.25) is 14.0 Å². The topological polar surface area (TPSA) is 75.9 Å². The molecule has 1 saturated carbocycles. The number of carbonyl (C=O) groups excluding carboxylic acids is 2. The van der Waals surface area contributed by atoms with Crippen LogP contribution in [0.2, 0.25) is 0 Å². The minimum Gasteiger partial charge on any atom is -0.378 e. The van der Waals surface area contributed by atoms with E-state index in [0.29, 0.717) is 32.0 Å². The zero-order valence-electron chi connectivity index (χ0n) is 15.3. The molecule has 0 radical (unpaired) electrons. The van der Waals surface area contributed by atoms with E-state index in [0.717, 1.165) is 34.7 Å². The Hall–Kier alpha value is -2.71. The van der Waals surface area contributed by atoms with Crippen molar-refractivity contribution in [2.75, 3.05) is 31.6 Å². The predicted molar refractivity (Wildman–Crippen MR) is 107 cm³/mol. The molecule has 3 heterocycles. The highest BCUT2D eigenvalue weighted by atomic mass is 32.1. The zero-order chi connectivity index (χ0) is 19.1. The second kappa shape index (κ2) is 7.03. The Balaban J connectivity index is 1.37. The number of aromatic nitrogens is 2. The number of fused-ring (bicyclic) bond motifs is 1. The SMILES string of the molecule is O=C(Nc1ccc(-c2cn3c(C(=O)N4CCOCC4)csc3n2)cc1)C1CC1. The summed E-state index contributed by atoms with van der Waals surface area (Å²) in [6.45, 7) is 2.40. The highest BCUT2D eigenvalue weighted by molar-refractivity contribution is 7.15. The normalized spacial score (nSPS) is 17.1. The summed E-state index contributed by atoms with van der Waals surface area (Å²) in [6, 6.07) is 7.67. The van der Waals surface area contributed by atoms with E-state index < -0.39 is 0 Å². The quantitative estimate of drug-likeness (QED) is 0.736. The molecular weight excluding hydrogens is 376 g/mol. The number of ether oxygens (including phenoxy) is 1. The van der Waals surface area contributed by atoms with Crippen LogP contribution in [0, 0.1) is 5.92 Å². The molecule has 3 aromatic rings. The van der Waals surface area contributed by atoms with E-state index in [2.05, 4.69) is 10.3 Å². The van der Waals surface area contributed by atoms with Crippen LogP contribution in [0.3, 0.4) is 0 Å². The van der Waals surface area contributed by atoms with E-state index in [1.165, 1.54) is 11.3 Å². The van der Waals surface area contributed by atoms with Gasteiger partial charge in [0.1, 0.15) is 5.69 Å². The molecule has 0 atom stereocenters. The first-order valence-electron chi connectivity index (χ1n) is 9.44. The second-order valence-electron chi connectivity index (χ2n) is 7.15. The van der Waals surface area contributed by atoms with Gasteiger partial charge in [0.05, 0.1) is 18.9 Å². The summed E-state index contributed by atoms with van der Waals surface area (Å²) in [5, 5.41) is 4.80. The number of anilines is 1. The van der Waals surface area contributed by atoms with Crippen molar-refractivity contribution < 1.29 is 14.3 Å². The van der Waals surface area contributed by atoms with Gasteiger partial charge < -0.3 is 15.0 Å². The maximum absolute atomic E-state index is 12.8.